The molecular formula is C3H4N3O-. The van der Waals surface area contributed by atoms with Gasteiger partial charge in [-0.25, -0.2) is 4.98 Å². The van der Waals surface area contributed by atoms with Gasteiger partial charge in [0.1, 0.15) is 0 Å². The fraction of sp³-hybridized carbons (Fsp3) is 0. The Morgan fingerprint density at radius 3 is 3.00 bits per heavy atom. The normalized spacial score (nSPS) is 8.71. The number of rotatable bonds is 1. The largest absolute Gasteiger partial charge is 0.759 e. The van der Waals surface area contributed by atoms with Crippen LogP contribution in [0.5, 0.6) is 0 Å². The molecule has 0 saturated carbocycles. The minimum Gasteiger partial charge on any atom is -0.759 e. The summed E-state index contributed by atoms with van der Waals surface area (Å²) in [7, 11) is 0. The molecule has 0 amide bonds. The molecule has 38 valence electrons. The topological polar surface area (TPSA) is 63.8 Å². The van der Waals surface area contributed by atoms with Gasteiger partial charge in [0, 0.05) is 12.4 Å². The van der Waals surface area contributed by atoms with Crippen LogP contribution in [0.3, 0.4) is 0 Å². The second-order valence-electron chi connectivity index (χ2n) is 1.04. The van der Waals surface area contributed by atoms with Crippen LogP contribution in [0.25, 0.3) is 0 Å². The molecule has 0 radical (unpaired) electrons. The number of nitrogens with one attached hydrogen (secondary N) is 2. The number of hydrogen-bond acceptors (Lipinski definition) is 3. The summed E-state index contributed by atoms with van der Waals surface area (Å²) in [6.45, 7) is 0. The summed E-state index contributed by atoms with van der Waals surface area (Å²) in [5.74, 6) is 0.250. The molecule has 0 unspecified atom stereocenters. The van der Waals surface area contributed by atoms with Gasteiger partial charge in [-0.05, 0) is 0 Å². The summed E-state index contributed by atoms with van der Waals surface area (Å²) < 4.78 is 0. The lowest BCUT2D eigenvalue weighted by atomic mass is 11.0. The lowest BCUT2D eigenvalue weighted by molar-refractivity contribution is 1.29. The van der Waals surface area contributed by atoms with Gasteiger partial charge in [0.05, 0.1) is 0 Å². The van der Waals surface area contributed by atoms with Crippen molar-refractivity contribution in [3.8, 4) is 0 Å². The molecule has 0 bridgehead atoms. The predicted molar refractivity (Wildman–Crippen MR) is 25.6 cm³/mol. The van der Waals surface area contributed by atoms with Crippen molar-refractivity contribution >= 4 is 5.95 Å². The number of anilines is 1. The maximum atomic E-state index is 9.65. The minimum absolute atomic E-state index is 0.250. The zero-order valence-electron chi connectivity index (χ0n) is 3.51. The first-order valence-electron chi connectivity index (χ1n) is 1.81. The number of hydrogen-bond donors (Lipinski definition) is 2. The number of imidazole rings is 1. The van der Waals surface area contributed by atoms with E-state index in [-0.39, 0.29) is 5.95 Å². The van der Waals surface area contributed by atoms with Gasteiger partial charge >= 0.3 is 0 Å². The number of nitrogens with zero attached hydrogens (tertiary/aromatic N) is 1. The van der Waals surface area contributed by atoms with Crippen LogP contribution in [-0.2, 0) is 0 Å². The highest BCUT2D eigenvalue weighted by atomic mass is 16.5. The first-order chi connectivity index (χ1) is 3.43. The highest BCUT2D eigenvalue weighted by molar-refractivity contribution is 5.22. The van der Waals surface area contributed by atoms with Gasteiger partial charge < -0.3 is 15.7 Å². The third kappa shape index (κ3) is 0.690. The Bertz CT molecular complexity index is 125. The molecule has 4 heteroatoms. The molecule has 1 heterocycles. The Labute approximate surface area is 40.2 Å². The summed E-state index contributed by atoms with van der Waals surface area (Å²) in [6.07, 6.45) is 3.07. The zero-order chi connectivity index (χ0) is 5.11. The lowest BCUT2D eigenvalue weighted by Crippen LogP contribution is -1.84. The van der Waals surface area contributed by atoms with Crippen LogP contribution in [0, 0.1) is 5.21 Å². The summed E-state index contributed by atoms with van der Waals surface area (Å²) >= 11 is 0. The van der Waals surface area contributed by atoms with E-state index in [0.29, 0.717) is 0 Å². The molecule has 1 aromatic heterocycles. The van der Waals surface area contributed by atoms with Crippen LogP contribution >= 0.6 is 0 Å². The van der Waals surface area contributed by atoms with Crippen molar-refractivity contribution in [2.45, 2.75) is 0 Å². The van der Waals surface area contributed by atoms with E-state index in [1.807, 2.05) is 0 Å². The molecule has 4 nitrogen and oxygen atoms in total. The van der Waals surface area contributed by atoms with E-state index in [4.69, 9.17) is 0 Å². The van der Waals surface area contributed by atoms with Gasteiger partial charge in [-0.3, -0.25) is 0 Å². The van der Waals surface area contributed by atoms with Crippen LogP contribution in [0.4, 0.5) is 5.95 Å². The van der Waals surface area contributed by atoms with Gasteiger partial charge in [0.25, 0.3) is 0 Å². The zero-order valence-corrected chi connectivity index (χ0v) is 3.51. The van der Waals surface area contributed by atoms with Crippen LogP contribution < -0.4 is 5.48 Å². The molecule has 0 fully saturated rings. The quantitative estimate of drug-likeness (QED) is 0.497. The predicted octanol–water partition coefficient (Wildman–Crippen LogP) is 0.319. The number of H-pyrrole nitrogens is 1. The minimum atomic E-state index is 0.250. The van der Waals surface area contributed by atoms with Gasteiger partial charge in [0.15, 0.2) is 5.95 Å². The van der Waals surface area contributed by atoms with Gasteiger partial charge in [-0.1, -0.05) is 0 Å². The molecule has 0 aliphatic carbocycles. The maximum absolute atomic E-state index is 9.65. The van der Waals surface area contributed by atoms with Crippen molar-refractivity contribution in [1.29, 1.82) is 0 Å². The molecule has 0 aliphatic rings. The molecule has 0 saturated heterocycles. The SMILES string of the molecule is [O-]Nc1ncc[nH]1. The van der Waals surface area contributed by atoms with Gasteiger partial charge in [-0.2, -0.15) is 0 Å². The van der Waals surface area contributed by atoms with Crippen molar-refractivity contribution in [2.24, 2.45) is 0 Å². The number of aromatic nitrogens is 2. The molecule has 0 atom stereocenters. The second-order valence-corrected chi connectivity index (χ2v) is 1.04. The highest BCUT2D eigenvalue weighted by Crippen LogP contribution is 1.89. The summed E-state index contributed by atoms with van der Waals surface area (Å²) in [5, 5.41) is 9.65. The van der Waals surface area contributed by atoms with Gasteiger partial charge in [0.2, 0.25) is 0 Å². The molecule has 7 heavy (non-hydrogen) atoms. The Morgan fingerprint density at radius 2 is 2.71 bits per heavy atom. The van der Waals surface area contributed by atoms with Crippen LogP contribution in [0.2, 0.25) is 0 Å². The second kappa shape index (κ2) is 1.61. The molecule has 0 aromatic carbocycles. The van der Waals surface area contributed by atoms with Crippen LogP contribution in [-0.4, -0.2) is 9.97 Å². The summed E-state index contributed by atoms with van der Waals surface area (Å²) in [6, 6.07) is 0. The number of aromatic amines is 1. The van der Waals surface area contributed by atoms with Crippen molar-refractivity contribution in [3.05, 3.63) is 17.6 Å². The van der Waals surface area contributed by atoms with Crippen molar-refractivity contribution in [1.82, 2.24) is 9.97 Å². The summed E-state index contributed by atoms with van der Waals surface area (Å²) in [4.78, 5) is 6.11. The average molecular weight is 98.1 g/mol. The Balaban J connectivity index is 2.76. The van der Waals surface area contributed by atoms with Crippen molar-refractivity contribution in [2.75, 3.05) is 5.48 Å². The van der Waals surface area contributed by atoms with E-state index < -0.39 is 0 Å². The van der Waals surface area contributed by atoms with E-state index in [1.54, 1.807) is 11.7 Å². The van der Waals surface area contributed by atoms with Crippen LogP contribution in [0.15, 0.2) is 12.4 Å². The summed E-state index contributed by atoms with van der Waals surface area (Å²) in [5.41, 5.74) is 1.59. The van der Waals surface area contributed by atoms with E-state index in [0.717, 1.165) is 0 Å². The monoisotopic (exact) mass is 98.0 g/mol. The first-order valence-corrected chi connectivity index (χ1v) is 1.81. The molecular weight excluding hydrogens is 94.1 g/mol. The van der Waals surface area contributed by atoms with Crippen LogP contribution in [0.1, 0.15) is 0 Å². The third-order valence-corrected chi connectivity index (χ3v) is 0.595. The fourth-order valence-corrected chi connectivity index (χ4v) is 0.321. The standard InChI is InChI=1S/C3H4N3O/c7-6-3-4-1-2-5-3/h1-2H,(H2-,4,5,6,7)/q-1. The average Bonchev–Trinajstić information content (AvgIpc) is 2.14. The lowest BCUT2D eigenvalue weighted by Gasteiger charge is -2.00. The smallest absolute Gasteiger partial charge is 0.189 e. The van der Waals surface area contributed by atoms with Crippen molar-refractivity contribution < 1.29 is 0 Å². The third-order valence-electron chi connectivity index (χ3n) is 0.595. The Kier molecular flexibility index (Phi) is 0.953. The fourth-order valence-electron chi connectivity index (χ4n) is 0.321. The Morgan fingerprint density at radius 1 is 1.86 bits per heavy atom. The highest BCUT2D eigenvalue weighted by Gasteiger charge is 1.77. The maximum Gasteiger partial charge on any atom is 0.189 e. The van der Waals surface area contributed by atoms with Crippen molar-refractivity contribution in [3.63, 3.8) is 0 Å². The molecule has 1 aromatic rings. The van der Waals surface area contributed by atoms with Gasteiger partial charge in [-0.15, -0.1) is 0 Å². The van der Waals surface area contributed by atoms with E-state index >= 15 is 0 Å². The molecule has 0 aliphatic heterocycles. The molecule has 1 rings (SSSR count). The van der Waals surface area contributed by atoms with E-state index in [1.165, 1.54) is 6.20 Å². The Hall–Kier alpha value is -1.03. The first kappa shape index (κ1) is 4.14. The van der Waals surface area contributed by atoms with E-state index in [2.05, 4.69) is 9.97 Å². The van der Waals surface area contributed by atoms with E-state index in [9.17, 15) is 5.21 Å². The molecule has 0 spiro atoms. The molecule has 2 N–H and O–H groups in total.